The summed E-state index contributed by atoms with van der Waals surface area (Å²) in [7, 11) is 1.60. The van der Waals surface area contributed by atoms with Gasteiger partial charge >= 0.3 is 11.9 Å². The van der Waals surface area contributed by atoms with Gasteiger partial charge in [0.2, 0.25) is 0 Å². The summed E-state index contributed by atoms with van der Waals surface area (Å²) < 4.78 is 15.5. The van der Waals surface area contributed by atoms with Gasteiger partial charge in [0.15, 0.2) is 0 Å². The van der Waals surface area contributed by atoms with E-state index in [0.29, 0.717) is 6.61 Å². The molecule has 0 heterocycles. The van der Waals surface area contributed by atoms with Crippen LogP contribution in [0.15, 0.2) is 48.5 Å². The van der Waals surface area contributed by atoms with Crippen molar-refractivity contribution in [2.45, 2.75) is 6.61 Å². The lowest BCUT2D eigenvalue weighted by Gasteiger charge is -2.08. The summed E-state index contributed by atoms with van der Waals surface area (Å²) in [6, 6.07) is 13.4. The maximum Gasteiger partial charge on any atom is 0.339 e. The summed E-state index contributed by atoms with van der Waals surface area (Å²) in [5.41, 5.74) is 0.917. The van der Waals surface area contributed by atoms with Crippen LogP contribution in [0, 0.1) is 0 Å². The fourth-order valence-electron chi connectivity index (χ4n) is 2.03. The number of hydrogen-bond acceptors (Lipinski definition) is 5. The monoisotopic (exact) mass is 330 g/mol. The fourth-order valence-corrected chi connectivity index (χ4v) is 2.03. The van der Waals surface area contributed by atoms with Gasteiger partial charge in [-0.05, 0) is 29.8 Å². The number of carboxylic acids is 1. The van der Waals surface area contributed by atoms with Gasteiger partial charge in [0.25, 0.3) is 0 Å². The number of carbonyl (C=O) groups is 2. The standard InChI is InChI=1S/C18H18O6/c1-22-14-8-6-13(7-9-14)12-23-10-11-24-18(21)16-5-3-2-4-15(16)17(19)20/h2-9H,10-12H2,1H3,(H,19,20). The van der Waals surface area contributed by atoms with Crippen molar-refractivity contribution in [1.29, 1.82) is 0 Å². The number of carboxylic acid groups (broad SMARTS) is 1. The second kappa shape index (κ2) is 8.69. The number of rotatable bonds is 8. The van der Waals surface area contributed by atoms with E-state index in [1.54, 1.807) is 19.2 Å². The summed E-state index contributed by atoms with van der Waals surface area (Å²) in [5, 5.41) is 9.05. The first-order chi connectivity index (χ1) is 11.6. The van der Waals surface area contributed by atoms with E-state index >= 15 is 0 Å². The van der Waals surface area contributed by atoms with Gasteiger partial charge in [-0.2, -0.15) is 0 Å². The molecule has 0 atom stereocenters. The zero-order chi connectivity index (χ0) is 17.4. The molecule has 0 fully saturated rings. The minimum atomic E-state index is -1.17. The highest BCUT2D eigenvalue weighted by molar-refractivity contribution is 6.02. The van der Waals surface area contributed by atoms with E-state index in [1.807, 2.05) is 24.3 Å². The zero-order valence-corrected chi connectivity index (χ0v) is 13.2. The number of methoxy groups -OCH3 is 1. The molecule has 2 aromatic rings. The van der Waals surface area contributed by atoms with Crippen LogP contribution in [0.4, 0.5) is 0 Å². The first-order valence-electron chi connectivity index (χ1n) is 7.32. The Morgan fingerprint density at radius 3 is 2.25 bits per heavy atom. The van der Waals surface area contributed by atoms with Crippen LogP contribution < -0.4 is 4.74 Å². The van der Waals surface area contributed by atoms with Gasteiger partial charge < -0.3 is 19.3 Å². The predicted molar refractivity (Wildman–Crippen MR) is 86.3 cm³/mol. The smallest absolute Gasteiger partial charge is 0.339 e. The SMILES string of the molecule is COc1ccc(COCCOC(=O)c2ccccc2C(=O)O)cc1. The highest BCUT2D eigenvalue weighted by atomic mass is 16.6. The Hall–Kier alpha value is -2.86. The van der Waals surface area contributed by atoms with E-state index in [0.717, 1.165) is 11.3 Å². The maximum atomic E-state index is 11.9. The Labute approximate surface area is 139 Å². The third-order valence-electron chi connectivity index (χ3n) is 3.27. The fraction of sp³-hybridized carbons (Fsp3) is 0.222. The van der Waals surface area contributed by atoms with Crippen LogP contribution in [0.25, 0.3) is 0 Å². The highest BCUT2D eigenvalue weighted by Gasteiger charge is 2.16. The average Bonchev–Trinajstić information content (AvgIpc) is 2.61. The number of carbonyl (C=O) groups excluding carboxylic acids is 1. The van der Waals surface area contributed by atoms with Crippen molar-refractivity contribution in [1.82, 2.24) is 0 Å². The van der Waals surface area contributed by atoms with Crippen LogP contribution in [0.2, 0.25) is 0 Å². The van der Waals surface area contributed by atoms with E-state index in [2.05, 4.69) is 0 Å². The van der Waals surface area contributed by atoms with Gasteiger partial charge in [0, 0.05) is 0 Å². The molecule has 126 valence electrons. The van der Waals surface area contributed by atoms with Crippen molar-refractivity contribution < 1.29 is 28.9 Å². The lowest BCUT2D eigenvalue weighted by atomic mass is 10.1. The molecule has 0 aliphatic rings. The Morgan fingerprint density at radius 2 is 1.62 bits per heavy atom. The van der Waals surface area contributed by atoms with Crippen LogP contribution in [0.3, 0.4) is 0 Å². The molecule has 24 heavy (non-hydrogen) atoms. The molecule has 0 bridgehead atoms. The van der Waals surface area contributed by atoms with Gasteiger partial charge in [0.05, 0.1) is 31.5 Å². The molecular weight excluding hydrogens is 312 g/mol. The van der Waals surface area contributed by atoms with E-state index in [-0.39, 0.29) is 24.3 Å². The number of benzene rings is 2. The second-order valence-corrected chi connectivity index (χ2v) is 4.89. The Kier molecular flexibility index (Phi) is 6.33. The maximum absolute atomic E-state index is 11.9. The Bertz CT molecular complexity index is 693. The van der Waals surface area contributed by atoms with Crippen molar-refractivity contribution in [3.8, 4) is 5.75 Å². The molecule has 0 unspecified atom stereocenters. The van der Waals surface area contributed by atoms with E-state index in [9.17, 15) is 9.59 Å². The summed E-state index contributed by atoms with van der Waals surface area (Å²) >= 11 is 0. The molecule has 0 amide bonds. The second-order valence-electron chi connectivity index (χ2n) is 4.89. The minimum Gasteiger partial charge on any atom is -0.497 e. The molecule has 0 spiro atoms. The molecule has 2 aromatic carbocycles. The first-order valence-corrected chi connectivity index (χ1v) is 7.32. The highest BCUT2D eigenvalue weighted by Crippen LogP contribution is 2.12. The molecular formula is C18H18O6. The lowest BCUT2D eigenvalue weighted by Crippen LogP contribution is -2.14. The van der Waals surface area contributed by atoms with E-state index in [4.69, 9.17) is 19.3 Å². The molecule has 0 saturated heterocycles. The number of hydrogen-bond donors (Lipinski definition) is 1. The molecule has 0 aromatic heterocycles. The Balaban J connectivity index is 1.76. The van der Waals surface area contributed by atoms with Crippen molar-refractivity contribution in [3.05, 3.63) is 65.2 Å². The molecule has 0 aliphatic heterocycles. The molecule has 2 rings (SSSR count). The number of aromatic carboxylic acids is 1. The molecule has 6 heteroatoms. The lowest BCUT2D eigenvalue weighted by molar-refractivity contribution is 0.0284. The Morgan fingerprint density at radius 1 is 0.958 bits per heavy atom. The summed E-state index contributed by atoms with van der Waals surface area (Å²) in [4.78, 5) is 23.0. The van der Waals surface area contributed by atoms with Gasteiger partial charge in [-0.25, -0.2) is 9.59 Å². The van der Waals surface area contributed by atoms with Crippen LogP contribution in [-0.4, -0.2) is 37.4 Å². The normalized spacial score (nSPS) is 10.2. The number of esters is 1. The first kappa shape index (κ1) is 17.5. The minimum absolute atomic E-state index is 0.0279. The van der Waals surface area contributed by atoms with E-state index in [1.165, 1.54) is 12.1 Å². The van der Waals surface area contributed by atoms with Crippen LogP contribution >= 0.6 is 0 Å². The molecule has 0 radical (unpaired) electrons. The van der Waals surface area contributed by atoms with Crippen LogP contribution in [-0.2, 0) is 16.1 Å². The van der Waals surface area contributed by atoms with Gasteiger partial charge in [-0.1, -0.05) is 24.3 Å². The predicted octanol–water partition coefficient (Wildman–Crippen LogP) is 2.77. The van der Waals surface area contributed by atoms with Crippen molar-refractivity contribution in [2.24, 2.45) is 0 Å². The summed E-state index contributed by atoms with van der Waals surface area (Å²) in [6.45, 7) is 0.642. The van der Waals surface area contributed by atoms with Gasteiger partial charge in [-0.3, -0.25) is 0 Å². The van der Waals surface area contributed by atoms with Crippen molar-refractivity contribution in [2.75, 3.05) is 20.3 Å². The molecule has 0 saturated carbocycles. The summed E-state index contributed by atoms with van der Waals surface area (Å²) in [6.07, 6.45) is 0. The van der Waals surface area contributed by atoms with Crippen LogP contribution in [0.5, 0.6) is 5.75 Å². The van der Waals surface area contributed by atoms with Gasteiger partial charge in [-0.15, -0.1) is 0 Å². The van der Waals surface area contributed by atoms with E-state index < -0.39 is 11.9 Å². The molecule has 1 N–H and O–H groups in total. The zero-order valence-electron chi connectivity index (χ0n) is 13.2. The van der Waals surface area contributed by atoms with Crippen LogP contribution in [0.1, 0.15) is 26.3 Å². The van der Waals surface area contributed by atoms with Crippen molar-refractivity contribution >= 4 is 11.9 Å². The van der Waals surface area contributed by atoms with Gasteiger partial charge in [0.1, 0.15) is 12.4 Å². The molecule has 6 nitrogen and oxygen atoms in total. The summed E-state index contributed by atoms with van der Waals surface area (Å²) in [5.74, 6) is -1.08. The average molecular weight is 330 g/mol. The number of ether oxygens (including phenoxy) is 3. The quantitative estimate of drug-likeness (QED) is 0.592. The topological polar surface area (TPSA) is 82.1 Å². The third kappa shape index (κ3) is 4.82. The largest absolute Gasteiger partial charge is 0.497 e. The molecule has 0 aliphatic carbocycles. The third-order valence-corrected chi connectivity index (χ3v) is 3.27. The van der Waals surface area contributed by atoms with Crippen molar-refractivity contribution in [3.63, 3.8) is 0 Å².